The number of hydrogen-bond donors (Lipinski definition) is 2. The van der Waals surface area contributed by atoms with E-state index in [0.29, 0.717) is 0 Å². The maximum atomic E-state index is 9.02. The minimum atomic E-state index is -1.47. The molecule has 32 valence electrons. The average molecular weight is 101 g/mol. The van der Waals surface area contributed by atoms with Crippen molar-refractivity contribution in [2.24, 2.45) is 5.90 Å². The Kier molecular flexibility index (Phi) is 8.30. The summed E-state index contributed by atoms with van der Waals surface area (Å²) in [6, 6.07) is 0. The summed E-state index contributed by atoms with van der Waals surface area (Å²) in [6.07, 6.45) is -1.47. The topological polar surface area (TPSA) is 72.5 Å². The van der Waals surface area contributed by atoms with Gasteiger partial charge in [0, 0.05) is 0 Å². The molecule has 0 radical (unpaired) electrons. The fourth-order valence-electron chi connectivity index (χ4n) is 0. The summed E-state index contributed by atoms with van der Waals surface area (Å²) in [7, 11) is 0. The van der Waals surface area contributed by atoms with Gasteiger partial charge in [0.1, 0.15) is 0 Å². The quantitative estimate of drug-likeness (QED) is 0.300. The van der Waals surface area contributed by atoms with Crippen molar-refractivity contribution < 1.29 is 14.7 Å². The molecule has 0 unspecified atom stereocenters. The summed E-state index contributed by atoms with van der Waals surface area (Å²) in [6.45, 7) is 0. The molecule has 0 heterocycles. The van der Waals surface area contributed by atoms with E-state index in [1.165, 1.54) is 0 Å². The zero-order valence-electron chi connectivity index (χ0n) is 2.34. The first kappa shape index (κ1) is 9.52. The Morgan fingerprint density at radius 1 is 1.83 bits per heavy atom. The van der Waals surface area contributed by atoms with Gasteiger partial charge in [0.05, 0.1) is 0 Å². The van der Waals surface area contributed by atoms with E-state index in [4.69, 9.17) is 9.90 Å². The third kappa shape index (κ3) is 8.87. The molecule has 0 rings (SSSR count). The van der Waals surface area contributed by atoms with E-state index in [-0.39, 0.29) is 29.6 Å². The van der Waals surface area contributed by atoms with Crippen LogP contribution < -0.4 is 5.90 Å². The third-order valence-electron chi connectivity index (χ3n) is 0.101. The Hall–Kier alpha value is 0.230. The summed E-state index contributed by atoms with van der Waals surface area (Å²) in [5, 5.41) is 7.38. The molecular formula is CH4NNaO3. The molecule has 0 aliphatic rings. The summed E-state index contributed by atoms with van der Waals surface area (Å²) < 4.78 is 0. The molecule has 3 N–H and O–H groups in total. The number of carbonyl (C=O) groups is 1. The van der Waals surface area contributed by atoms with Crippen LogP contribution in [0.4, 0.5) is 4.79 Å². The first-order valence-corrected chi connectivity index (χ1v) is 0.868. The van der Waals surface area contributed by atoms with Crippen LogP contribution in [0.2, 0.25) is 0 Å². The third-order valence-corrected chi connectivity index (χ3v) is 0.101. The van der Waals surface area contributed by atoms with E-state index < -0.39 is 6.16 Å². The van der Waals surface area contributed by atoms with Crippen molar-refractivity contribution in [1.82, 2.24) is 0 Å². The van der Waals surface area contributed by atoms with Gasteiger partial charge in [-0.3, -0.25) is 0 Å². The maximum absolute atomic E-state index is 9.02. The van der Waals surface area contributed by atoms with Gasteiger partial charge in [-0.25, -0.2) is 4.79 Å². The van der Waals surface area contributed by atoms with Crippen LogP contribution >= 0.6 is 0 Å². The molecule has 0 amide bonds. The van der Waals surface area contributed by atoms with Crippen LogP contribution in [0.15, 0.2) is 0 Å². The van der Waals surface area contributed by atoms with Crippen molar-refractivity contribution in [3.63, 3.8) is 0 Å². The summed E-state index contributed by atoms with van der Waals surface area (Å²) in [5.41, 5.74) is 0. The van der Waals surface area contributed by atoms with Gasteiger partial charge < -0.3 is 9.94 Å². The van der Waals surface area contributed by atoms with Gasteiger partial charge in [0.25, 0.3) is 0 Å². The normalized spacial score (nSPS) is 5.50. The van der Waals surface area contributed by atoms with E-state index >= 15 is 0 Å². The first-order valence-electron chi connectivity index (χ1n) is 0.868. The standard InChI is InChI=1S/CH3NO3.Na.H/c2-5-1(3)4;;/h2H2,(H,3,4);;. The number of nitrogens with two attached hydrogens (primary N) is 1. The van der Waals surface area contributed by atoms with Crippen molar-refractivity contribution in [2.45, 2.75) is 0 Å². The molecule has 0 bridgehead atoms. The van der Waals surface area contributed by atoms with Gasteiger partial charge in [-0.2, -0.15) is 5.90 Å². The molecule has 0 aromatic carbocycles. The van der Waals surface area contributed by atoms with Crippen molar-refractivity contribution in [3.05, 3.63) is 0 Å². The van der Waals surface area contributed by atoms with E-state index in [1.54, 1.807) is 0 Å². The molecule has 0 aromatic rings. The molecule has 0 fully saturated rings. The van der Waals surface area contributed by atoms with Crippen LogP contribution in [0.5, 0.6) is 0 Å². The molecule has 0 saturated carbocycles. The number of carboxylic acid groups (broad SMARTS) is 1. The first-order chi connectivity index (χ1) is 2.27. The van der Waals surface area contributed by atoms with Crippen molar-refractivity contribution in [2.75, 3.05) is 0 Å². The Morgan fingerprint density at radius 2 is 2.00 bits per heavy atom. The fraction of sp³-hybridized carbons (Fsp3) is 0. The molecule has 4 nitrogen and oxygen atoms in total. The molecule has 0 atom stereocenters. The molecule has 0 saturated heterocycles. The van der Waals surface area contributed by atoms with Crippen molar-refractivity contribution >= 4 is 35.7 Å². The fourth-order valence-corrected chi connectivity index (χ4v) is 0. The second kappa shape index (κ2) is 5.23. The Morgan fingerprint density at radius 3 is 2.00 bits per heavy atom. The summed E-state index contributed by atoms with van der Waals surface area (Å²) in [5.74, 6) is 4.07. The van der Waals surface area contributed by atoms with Gasteiger partial charge in [-0.05, 0) is 0 Å². The minimum absolute atomic E-state index is 0. The zero-order valence-corrected chi connectivity index (χ0v) is 2.34. The second-order valence-corrected chi connectivity index (χ2v) is 0.384. The van der Waals surface area contributed by atoms with E-state index in [1.807, 2.05) is 0 Å². The monoisotopic (exact) mass is 101 g/mol. The van der Waals surface area contributed by atoms with E-state index in [2.05, 4.69) is 10.7 Å². The van der Waals surface area contributed by atoms with Gasteiger partial charge >= 0.3 is 35.7 Å². The molecule has 0 aliphatic heterocycles. The Bertz CT molecular complexity index is 46.1. The predicted molar refractivity (Wildman–Crippen MR) is 20.4 cm³/mol. The number of rotatable bonds is 0. The van der Waals surface area contributed by atoms with Crippen molar-refractivity contribution in [1.29, 1.82) is 0 Å². The molecule has 6 heavy (non-hydrogen) atoms. The Balaban J connectivity index is 0. The summed E-state index contributed by atoms with van der Waals surface area (Å²) >= 11 is 0. The predicted octanol–water partition coefficient (Wildman–Crippen LogP) is -1.09. The van der Waals surface area contributed by atoms with Crippen molar-refractivity contribution in [3.8, 4) is 0 Å². The second-order valence-electron chi connectivity index (χ2n) is 0.384. The average Bonchev–Trinajstić information content (AvgIpc) is 1.38. The van der Waals surface area contributed by atoms with Crippen LogP contribution in [0, 0.1) is 0 Å². The van der Waals surface area contributed by atoms with Crippen LogP contribution in [0.25, 0.3) is 0 Å². The molecule has 5 heteroatoms. The van der Waals surface area contributed by atoms with Crippen LogP contribution in [0.3, 0.4) is 0 Å². The zero-order chi connectivity index (χ0) is 4.28. The van der Waals surface area contributed by atoms with Crippen LogP contribution in [-0.2, 0) is 4.84 Å². The van der Waals surface area contributed by atoms with Gasteiger partial charge in [-0.1, -0.05) is 0 Å². The van der Waals surface area contributed by atoms with Gasteiger partial charge in [-0.15, -0.1) is 0 Å². The van der Waals surface area contributed by atoms with E-state index in [0.717, 1.165) is 0 Å². The van der Waals surface area contributed by atoms with Crippen LogP contribution in [0.1, 0.15) is 0 Å². The SMILES string of the molecule is NOC(=O)O.[NaH]. The number of hydrogen-bond acceptors (Lipinski definition) is 3. The molecule has 0 aliphatic carbocycles. The molecular weight excluding hydrogens is 97.0 g/mol. The molecule has 0 aromatic heterocycles. The molecule has 0 spiro atoms. The Labute approximate surface area is 56.5 Å². The van der Waals surface area contributed by atoms with Crippen LogP contribution in [-0.4, -0.2) is 40.8 Å². The van der Waals surface area contributed by atoms with E-state index in [9.17, 15) is 0 Å². The van der Waals surface area contributed by atoms with Gasteiger partial charge in [0.15, 0.2) is 0 Å². The summed E-state index contributed by atoms with van der Waals surface area (Å²) in [4.78, 5) is 12.2. The van der Waals surface area contributed by atoms with Gasteiger partial charge in [0.2, 0.25) is 0 Å².